The fourth-order valence-electron chi connectivity index (χ4n) is 4.05. The van der Waals surface area contributed by atoms with Gasteiger partial charge in [0.25, 0.3) is 5.91 Å². The molecule has 0 atom stereocenters. The summed E-state index contributed by atoms with van der Waals surface area (Å²) in [6.07, 6.45) is 1.79. The molecule has 0 radical (unpaired) electrons. The molecule has 0 saturated carbocycles. The van der Waals surface area contributed by atoms with Crippen molar-refractivity contribution in [3.63, 3.8) is 0 Å². The number of likely N-dealkylation sites (tertiary alicyclic amines) is 1. The van der Waals surface area contributed by atoms with Crippen LogP contribution in [-0.4, -0.2) is 46.0 Å². The van der Waals surface area contributed by atoms with Gasteiger partial charge in [-0.15, -0.1) is 0 Å². The van der Waals surface area contributed by atoms with Crippen molar-refractivity contribution in [2.45, 2.75) is 25.3 Å². The maximum atomic E-state index is 13.0. The van der Waals surface area contributed by atoms with Crippen molar-refractivity contribution in [2.75, 3.05) is 13.1 Å². The van der Waals surface area contributed by atoms with Crippen LogP contribution in [0.25, 0.3) is 10.9 Å². The number of nitrogens with two attached hydrogens (primary N) is 1. The summed E-state index contributed by atoms with van der Waals surface area (Å²) in [7, 11) is -1.63. The van der Waals surface area contributed by atoms with E-state index in [2.05, 4.69) is 17.1 Å². The summed E-state index contributed by atoms with van der Waals surface area (Å²) < 4.78 is 0. The minimum Gasteiger partial charge on any atom is -0.423 e. The number of nitrogens with zero attached hydrogens (tertiary/aromatic N) is 2. The Labute approximate surface area is 170 Å². The largest absolute Gasteiger partial charge is 0.490 e. The van der Waals surface area contributed by atoms with Gasteiger partial charge >= 0.3 is 7.12 Å². The molecule has 29 heavy (non-hydrogen) atoms. The Bertz CT molecular complexity index is 1030. The van der Waals surface area contributed by atoms with Crippen molar-refractivity contribution in [2.24, 2.45) is 5.73 Å². The SMILES string of the molecule is NCc1cccc(C2CCN(C(=O)c3ccc4cccc(B(O)O)c4n3)CC2)c1. The van der Waals surface area contributed by atoms with Crippen LogP contribution in [-0.2, 0) is 6.54 Å². The van der Waals surface area contributed by atoms with Gasteiger partial charge in [-0.2, -0.15) is 0 Å². The third kappa shape index (κ3) is 4.03. The van der Waals surface area contributed by atoms with Gasteiger partial charge < -0.3 is 20.7 Å². The Morgan fingerprint density at radius 1 is 1.10 bits per heavy atom. The summed E-state index contributed by atoms with van der Waals surface area (Å²) in [6.45, 7) is 1.87. The Morgan fingerprint density at radius 2 is 1.86 bits per heavy atom. The molecule has 0 aliphatic carbocycles. The molecule has 0 spiro atoms. The first kappa shape index (κ1) is 19.6. The Morgan fingerprint density at radius 3 is 2.59 bits per heavy atom. The average Bonchev–Trinajstić information content (AvgIpc) is 2.77. The Kier molecular flexibility index (Phi) is 5.62. The first-order chi connectivity index (χ1) is 14.1. The molecule has 4 N–H and O–H groups in total. The number of para-hydroxylation sites is 1. The maximum absolute atomic E-state index is 13.0. The molecular weight excluding hydrogens is 365 g/mol. The van der Waals surface area contributed by atoms with E-state index >= 15 is 0 Å². The summed E-state index contributed by atoms with van der Waals surface area (Å²) in [4.78, 5) is 19.3. The molecule has 1 aliphatic rings. The smallest absolute Gasteiger partial charge is 0.423 e. The highest BCUT2D eigenvalue weighted by Gasteiger charge is 2.26. The molecule has 1 amide bonds. The molecule has 0 bridgehead atoms. The molecule has 0 unspecified atom stereocenters. The first-order valence-corrected chi connectivity index (χ1v) is 9.91. The standard InChI is InChI=1S/C22H24BN3O3/c24-14-15-3-1-5-18(13-15)16-9-11-26(12-10-16)22(27)20-8-7-17-4-2-6-19(23(28)29)21(17)25-20/h1-8,13,16,28-29H,9-12,14,24H2. The average molecular weight is 389 g/mol. The molecule has 2 heterocycles. The predicted molar refractivity (Wildman–Crippen MR) is 114 cm³/mol. The number of amides is 1. The number of piperidine rings is 1. The lowest BCUT2D eigenvalue weighted by Gasteiger charge is -2.32. The first-order valence-electron chi connectivity index (χ1n) is 9.91. The summed E-state index contributed by atoms with van der Waals surface area (Å²) in [5.41, 5.74) is 9.24. The number of fused-ring (bicyclic) bond motifs is 1. The van der Waals surface area contributed by atoms with Crippen LogP contribution in [0, 0.1) is 0 Å². The van der Waals surface area contributed by atoms with Gasteiger partial charge in [0.2, 0.25) is 0 Å². The monoisotopic (exact) mass is 389 g/mol. The number of hydrogen-bond acceptors (Lipinski definition) is 5. The zero-order valence-corrected chi connectivity index (χ0v) is 16.2. The lowest BCUT2D eigenvalue weighted by molar-refractivity contribution is 0.0707. The lowest BCUT2D eigenvalue weighted by Crippen LogP contribution is -2.38. The third-order valence-electron chi connectivity index (χ3n) is 5.69. The molecular formula is C22H24BN3O3. The van der Waals surface area contributed by atoms with Crippen LogP contribution in [0.15, 0.2) is 54.6 Å². The van der Waals surface area contributed by atoms with E-state index in [4.69, 9.17) is 5.73 Å². The normalized spacial score (nSPS) is 14.9. The van der Waals surface area contributed by atoms with Gasteiger partial charge in [-0.1, -0.05) is 48.5 Å². The zero-order valence-electron chi connectivity index (χ0n) is 16.2. The van der Waals surface area contributed by atoms with E-state index in [1.807, 2.05) is 23.1 Å². The highest BCUT2D eigenvalue weighted by molar-refractivity contribution is 6.61. The molecule has 1 fully saturated rings. The fourth-order valence-corrected chi connectivity index (χ4v) is 4.05. The van der Waals surface area contributed by atoms with Crippen molar-refractivity contribution in [3.05, 3.63) is 71.4 Å². The van der Waals surface area contributed by atoms with Crippen molar-refractivity contribution in [3.8, 4) is 0 Å². The van der Waals surface area contributed by atoms with E-state index in [9.17, 15) is 14.8 Å². The van der Waals surface area contributed by atoms with Crippen LogP contribution >= 0.6 is 0 Å². The van der Waals surface area contributed by atoms with Crippen LogP contribution in [0.4, 0.5) is 0 Å². The van der Waals surface area contributed by atoms with Gasteiger partial charge in [0.1, 0.15) is 5.69 Å². The Balaban J connectivity index is 1.50. The van der Waals surface area contributed by atoms with E-state index in [-0.39, 0.29) is 5.91 Å². The summed E-state index contributed by atoms with van der Waals surface area (Å²) in [6, 6.07) is 17.1. The molecule has 1 aromatic heterocycles. The number of carbonyl (C=O) groups is 1. The lowest BCUT2D eigenvalue weighted by atomic mass is 9.79. The van der Waals surface area contributed by atoms with E-state index in [1.54, 1.807) is 24.3 Å². The highest BCUT2D eigenvalue weighted by Crippen LogP contribution is 2.29. The minimum atomic E-state index is -1.63. The van der Waals surface area contributed by atoms with Crippen molar-refractivity contribution < 1.29 is 14.8 Å². The van der Waals surface area contributed by atoms with Crippen LogP contribution in [0.5, 0.6) is 0 Å². The van der Waals surface area contributed by atoms with E-state index < -0.39 is 7.12 Å². The van der Waals surface area contributed by atoms with Crippen molar-refractivity contribution in [1.82, 2.24) is 9.88 Å². The van der Waals surface area contributed by atoms with E-state index in [0.29, 0.717) is 42.2 Å². The second-order valence-corrected chi connectivity index (χ2v) is 7.50. The van der Waals surface area contributed by atoms with Gasteiger partial charge in [0.05, 0.1) is 5.52 Å². The van der Waals surface area contributed by atoms with Gasteiger partial charge in [0.15, 0.2) is 0 Å². The number of benzene rings is 2. The quantitative estimate of drug-likeness (QED) is 0.586. The topological polar surface area (TPSA) is 99.7 Å². The van der Waals surface area contributed by atoms with Gasteiger partial charge in [-0.05, 0) is 41.3 Å². The molecule has 4 rings (SSSR count). The van der Waals surface area contributed by atoms with Crippen LogP contribution < -0.4 is 11.2 Å². The number of rotatable bonds is 4. The number of aromatic nitrogens is 1. The van der Waals surface area contributed by atoms with Gasteiger partial charge in [0, 0.05) is 25.1 Å². The zero-order chi connectivity index (χ0) is 20.4. The van der Waals surface area contributed by atoms with E-state index in [1.165, 1.54) is 5.56 Å². The molecule has 6 nitrogen and oxygen atoms in total. The van der Waals surface area contributed by atoms with E-state index in [0.717, 1.165) is 23.8 Å². The third-order valence-corrected chi connectivity index (χ3v) is 5.69. The predicted octanol–water partition coefficient (Wildman–Crippen LogP) is 1.39. The summed E-state index contributed by atoms with van der Waals surface area (Å²) >= 11 is 0. The molecule has 2 aromatic carbocycles. The summed E-state index contributed by atoms with van der Waals surface area (Å²) in [5, 5.41) is 19.9. The second kappa shape index (κ2) is 8.33. The number of hydrogen-bond donors (Lipinski definition) is 3. The molecule has 1 aliphatic heterocycles. The molecule has 3 aromatic rings. The molecule has 148 valence electrons. The van der Waals surface area contributed by atoms with Crippen molar-refractivity contribution in [1.29, 1.82) is 0 Å². The van der Waals surface area contributed by atoms with Gasteiger partial charge in [-0.25, -0.2) is 4.98 Å². The maximum Gasteiger partial charge on any atom is 0.490 e. The highest BCUT2D eigenvalue weighted by atomic mass is 16.4. The van der Waals surface area contributed by atoms with Gasteiger partial charge in [-0.3, -0.25) is 4.79 Å². The van der Waals surface area contributed by atoms with Crippen LogP contribution in [0.1, 0.15) is 40.4 Å². The number of pyridine rings is 1. The van der Waals surface area contributed by atoms with Crippen LogP contribution in [0.2, 0.25) is 0 Å². The summed E-state index contributed by atoms with van der Waals surface area (Å²) in [5.74, 6) is 0.301. The number of carbonyl (C=O) groups excluding carboxylic acids is 1. The fraction of sp³-hybridized carbons (Fsp3) is 0.273. The molecule has 1 saturated heterocycles. The van der Waals surface area contributed by atoms with Crippen LogP contribution in [0.3, 0.4) is 0 Å². The Hall–Kier alpha value is -2.74. The van der Waals surface area contributed by atoms with Crippen molar-refractivity contribution >= 4 is 29.4 Å². The minimum absolute atomic E-state index is 0.122. The second-order valence-electron chi connectivity index (χ2n) is 7.50. The molecule has 7 heteroatoms.